The van der Waals surface area contributed by atoms with E-state index >= 15 is 0 Å². The summed E-state index contributed by atoms with van der Waals surface area (Å²) in [5.41, 5.74) is 3.59. The summed E-state index contributed by atoms with van der Waals surface area (Å²) in [6.45, 7) is 2.03. The summed E-state index contributed by atoms with van der Waals surface area (Å²) < 4.78 is 3.67. The van der Waals surface area contributed by atoms with Crippen molar-refractivity contribution in [3.63, 3.8) is 0 Å². The molecule has 0 N–H and O–H groups in total. The molecule has 0 spiro atoms. The second kappa shape index (κ2) is 4.75. The molecule has 0 saturated heterocycles. The summed E-state index contributed by atoms with van der Waals surface area (Å²) in [7, 11) is 0. The van der Waals surface area contributed by atoms with Crippen molar-refractivity contribution in [2.75, 3.05) is 0 Å². The SMILES string of the molecule is Cc1cc(-c2cnc3ccc(Cl)nn23)nn1PI. The molecule has 3 aromatic rings. The van der Waals surface area contributed by atoms with Crippen molar-refractivity contribution < 1.29 is 0 Å². The van der Waals surface area contributed by atoms with Gasteiger partial charge in [-0.1, -0.05) is 11.6 Å². The van der Waals surface area contributed by atoms with Gasteiger partial charge in [-0.05, 0) is 47.2 Å². The summed E-state index contributed by atoms with van der Waals surface area (Å²) in [6.07, 6.45) is 2.34. The normalized spacial score (nSPS) is 11.9. The third kappa shape index (κ3) is 2.02. The second-order valence-corrected chi connectivity index (χ2v) is 6.16. The molecule has 0 fully saturated rings. The van der Waals surface area contributed by atoms with Crippen LogP contribution in [0.2, 0.25) is 5.15 Å². The Kier molecular flexibility index (Phi) is 3.25. The highest BCUT2D eigenvalue weighted by Gasteiger charge is 2.12. The van der Waals surface area contributed by atoms with Crippen molar-refractivity contribution in [3.05, 3.63) is 35.2 Å². The molecular weight excluding hydrogens is 383 g/mol. The lowest BCUT2D eigenvalue weighted by Crippen LogP contribution is -1.94. The number of hydrogen-bond acceptors (Lipinski definition) is 3. The summed E-state index contributed by atoms with van der Waals surface area (Å²) in [6, 6.07) is 5.59. The topological polar surface area (TPSA) is 48.0 Å². The van der Waals surface area contributed by atoms with Gasteiger partial charge in [-0.15, -0.1) is 0 Å². The largest absolute Gasteiger partial charge is 0.242 e. The van der Waals surface area contributed by atoms with E-state index in [1.54, 1.807) is 16.8 Å². The van der Waals surface area contributed by atoms with Gasteiger partial charge >= 0.3 is 0 Å². The zero-order valence-corrected chi connectivity index (χ0v) is 13.2. The maximum absolute atomic E-state index is 5.91. The molecule has 92 valence electrons. The second-order valence-electron chi connectivity index (χ2n) is 3.74. The monoisotopic (exact) mass is 391 g/mol. The van der Waals surface area contributed by atoms with Crippen LogP contribution in [0.1, 0.15) is 5.69 Å². The molecule has 0 saturated carbocycles. The van der Waals surface area contributed by atoms with Crippen molar-refractivity contribution >= 4 is 45.7 Å². The molecule has 0 bridgehead atoms. The minimum Gasteiger partial charge on any atom is -0.242 e. The van der Waals surface area contributed by atoms with Gasteiger partial charge in [0.25, 0.3) is 0 Å². The minimum absolute atomic E-state index is 0.439. The van der Waals surface area contributed by atoms with E-state index in [1.165, 1.54) is 0 Å². The van der Waals surface area contributed by atoms with Crippen molar-refractivity contribution in [2.24, 2.45) is 0 Å². The number of rotatable bonds is 2. The Hall–Kier alpha value is -0.720. The molecule has 0 aromatic carbocycles. The Morgan fingerprint density at radius 3 is 2.89 bits per heavy atom. The molecule has 0 aliphatic carbocycles. The number of nitrogens with zero attached hydrogens (tertiary/aromatic N) is 5. The average molecular weight is 392 g/mol. The van der Waals surface area contributed by atoms with Gasteiger partial charge in [-0.3, -0.25) is 0 Å². The molecule has 1 unspecified atom stereocenters. The summed E-state index contributed by atoms with van der Waals surface area (Å²) in [5, 5.41) is 9.21. The Labute approximate surface area is 123 Å². The zero-order valence-electron chi connectivity index (χ0n) is 9.30. The number of hydrogen-bond donors (Lipinski definition) is 0. The van der Waals surface area contributed by atoms with E-state index in [4.69, 9.17) is 11.6 Å². The molecule has 0 aliphatic heterocycles. The van der Waals surface area contributed by atoms with Gasteiger partial charge in [0.2, 0.25) is 0 Å². The zero-order chi connectivity index (χ0) is 12.7. The van der Waals surface area contributed by atoms with Crippen LogP contribution in [-0.4, -0.2) is 24.1 Å². The van der Waals surface area contributed by atoms with E-state index in [0.29, 0.717) is 11.5 Å². The van der Waals surface area contributed by atoms with Crippen LogP contribution in [0.25, 0.3) is 17.0 Å². The lowest BCUT2D eigenvalue weighted by molar-refractivity contribution is 0.924. The Bertz CT molecular complexity index is 722. The van der Waals surface area contributed by atoms with Gasteiger partial charge < -0.3 is 0 Å². The first kappa shape index (κ1) is 12.3. The number of aromatic nitrogens is 5. The van der Waals surface area contributed by atoms with E-state index < -0.39 is 0 Å². The van der Waals surface area contributed by atoms with Crippen LogP contribution in [0, 0.1) is 6.92 Å². The highest BCUT2D eigenvalue weighted by Crippen LogP contribution is 2.28. The molecule has 3 rings (SSSR count). The highest BCUT2D eigenvalue weighted by atomic mass is 127. The Balaban J connectivity index is 2.21. The fourth-order valence-corrected chi connectivity index (χ4v) is 3.66. The van der Waals surface area contributed by atoms with Gasteiger partial charge in [0.1, 0.15) is 16.5 Å². The van der Waals surface area contributed by atoms with Gasteiger partial charge in [-0.2, -0.15) is 10.2 Å². The lowest BCUT2D eigenvalue weighted by atomic mass is 10.3. The van der Waals surface area contributed by atoms with Gasteiger partial charge in [-0.25, -0.2) is 14.0 Å². The number of aryl methyl sites for hydroxylation is 1. The molecule has 18 heavy (non-hydrogen) atoms. The number of imidazole rings is 1. The molecule has 0 amide bonds. The smallest absolute Gasteiger partial charge is 0.154 e. The van der Waals surface area contributed by atoms with Crippen LogP contribution < -0.4 is 0 Å². The van der Waals surface area contributed by atoms with Crippen LogP contribution >= 0.6 is 40.0 Å². The molecule has 5 nitrogen and oxygen atoms in total. The molecule has 0 radical (unpaired) electrons. The van der Waals surface area contributed by atoms with Crippen LogP contribution in [0.4, 0.5) is 0 Å². The molecular formula is C10H8ClIN5P. The maximum Gasteiger partial charge on any atom is 0.154 e. The van der Waals surface area contributed by atoms with Gasteiger partial charge in [0.15, 0.2) is 5.65 Å². The van der Waals surface area contributed by atoms with E-state index in [-0.39, 0.29) is 0 Å². The number of halogens is 2. The average Bonchev–Trinajstić information content (AvgIpc) is 2.91. The van der Waals surface area contributed by atoms with Crippen LogP contribution in [-0.2, 0) is 0 Å². The fourth-order valence-electron chi connectivity index (χ4n) is 1.71. The third-order valence-corrected chi connectivity index (χ3v) is 4.74. The maximum atomic E-state index is 5.91. The van der Waals surface area contributed by atoms with E-state index in [0.717, 1.165) is 22.7 Å². The summed E-state index contributed by atoms with van der Waals surface area (Å²) >= 11 is 8.22. The first-order valence-corrected chi connectivity index (χ1v) is 9.57. The molecule has 0 aliphatic rings. The van der Waals surface area contributed by atoms with Gasteiger partial charge in [0, 0.05) is 5.69 Å². The van der Waals surface area contributed by atoms with Crippen molar-refractivity contribution in [1.82, 2.24) is 24.1 Å². The molecule has 3 heterocycles. The molecule has 3 aromatic heterocycles. The van der Waals surface area contributed by atoms with E-state index in [2.05, 4.69) is 37.2 Å². The van der Waals surface area contributed by atoms with Crippen LogP contribution in [0.3, 0.4) is 0 Å². The van der Waals surface area contributed by atoms with Gasteiger partial charge in [0.05, 0.1) is 12.6 Å². The Morgan fingerprint density at radius 1 is 1.33 bits per heavy atom. The Morgan fingerprint density at radius 2 is 2.17 bits per heavy atom. The van der Waals surface area contributed by atoms with Crippen molar-refractivity contribution in [3.8, 4) is 11.4 Å². The van der Waals surface area contributed by atoms with Crippen molar-refractivity contribution in [2.45, 2.75) is 6.92 Å². The standard InChI is InChI=1S/C10H8ClIN5P/c1-6-4-7(14-17(6)18-12)8-5-13-10-3-2-9(11)15-16(8)10/h2-5,18H,1H3. The highest BCUT2D eigenvalue weighted by molar-refractivity contribution is 14.2. The first-order chi connectivity index (χ1) is 8.69. The van der Waals surface area contributed by atoms with Crippen LogP contribution in [0.15, 0.2) is 24.4 Å². The predicted octanol–water partition coefficient (Wildman–Crippen LogP) is 3.35. The third-order valence-electron chi connectivity index (χ3n) is 2.56. The van der Waals surface area contributed by atoms with E-state index in [9.17, 15) is 0 Å². The van der Waals surface area contributed by atoms with E-state index in [1.807, 2.05) is 23.5 Å². The van der Waals surface area contributed by atoms with Crippen LogP contribution in [0.5, 0.6) is 0 Å². The lowest BCUT2D eigenvalue weighted by Gasteiger charge is -1.97. The fraction of sp³-hybridized carbons (Fsp3) is 0.100. The molecule has 1 atom stereocenters. The minimum atomic E-state index is 0.439. The molecule has 8 heteroatoms. The first-order valence-electron chi connectivity index (χ1n) is 5.13. The quantitative estimate of drug-likeness (QED) is 0.497. The predicted molar refractivity (Wildman–Crippen MR) is 81.7 cm³/mol. The summed E-state index contributed by atoms with van der Waals surface area (Å²) in [4.78, 5) is 4.29. The van der Waals surface area contributed by atoms with Crippen molar-refractivity contribution in [1.29, 1.82) is 0 Å². The summed E-state index contributed by atoms with van der Waals surface area (Å²) in [5.74, 6) is 0. The number of fused-ring (bicyclic) bond motifs is 1.